The molecule has 1 amide bonds. The SMILES string of the molecule is O=C(Nc1ccccc1F)C1CCCN(c2ncnc3c2nc2n3CCCCC2)C1. The molecule has 1 atom stereocenters. The third kappa shape index (κ3) is 3.51. The van der Waals surface area contributed by atoms with Crippen LogP contribution in [0.2, 0.25) is 0 Å². The van der Waals surface area contributed by atoms with E-state index in [1.54, 1.807) is 24.5 Å². The molecule has 0 spiro atoms. The highest BCUT2D eigenvalue weighted by atomic mass is 19.1. The molecule has 4 heterocycles. The van der Waals surface area contributed by atoms with E-state index in [4.69, 9.17) is 4.98 Å². The van der Waals surface area contributed by atoms with E-state index in [9.17, 15) is 9.18 Å². The lowest BCUT2D eigenvalue weighted by Gasteiger charge is -2.32. The number of amides is 1. The predicted molar refractivity (Wildman–Crippen MR) is 113 cm³/mol. The zero-order valence-electron chi connectivity index (χ0n) is 16.9. The minimum Gasteiger partial charge on any atom is -0.354 e. The van der Waals surface area contributed by atoms with Crippen LogP contribution in [0.25, 0.3) is 11.2 Å². The third-order valence-corrected chi connectivity index (χ3v) is 6.10. The van der Waals surface area contributed by atoms with E-state index in [1.807, 2.05) is 0 Å². The fraction of sp³-hybridized carbons (Fsp3) is 0.455. The molecule has 2 aliphatic heterocycles. The van der Waals surface area contributed by atoms with Crippen LogP contribution in [0.1, 0.15) is 37.9 Å². The van der Waals surface area contributed by atoms with Gasteiger partial charge in [-0.1, -0.05) is 18.6 Å². The Balaban J connectivity index is 1.39. The van der Waals surface area contributed by atoms with Crippen LogP contribution in [0, 0.1) is 11.7 Å². The molecule has 1 N–H and O–H groups in total. The van der Waals surface area contributed by atoms with Gasteiger partial charge in [-0.25, -0.2) is 19.3 Å². The highest BCUT2D eigenvalue weighted by Gasteiger charge is 2.29. The average Bonchev–Trinajstić information content (AvgIpc) is 2.96. The van der Waals surface area contributed by atoms with Crippen molar-refractivity contribution in [3.05, 3.63) is 42.2 Å². The molecule has 1 fully saturated rings. The minimum atomic E-state index is -0.421. The van der Waals surface area contributed by atoms with Gasteiger partial charge in [-0.15, -0.1) is 0 Å². The first-order chi connectivity index (χ1) is 14.7. The molecule has 30 heavy (non-hydrogen) atoms. The summed E-state index contributed by atoms with van der Waals surface area (Å²) in [6.07, 6.45) is 7.70. The molecule has 3 aromatic rings. The lowest BCUT2D eigenvalue weighted by molar-refractivity contribution is -0.120. The Hall–Kier alpha value is -3.03. The van der Waals surface area contributed by atoms with Gasteiger partial charge in [-0.05, 0) is 37.8 Å². The maximum atomic E-state index is 13.9. The maximum Gasteiger partial charge on any atom is 0.229 e. The topological polar surface area (TPSA) is 75.9 Å². The first-order valence-electron chi connectivity index (χ1n) is 10.7. The van der Waals surface area contributed by atoms with Gasteiger partial charge in [-0.3, -0.25) is 4.79 Å². The lowest BCUT2D eigenvalue weighted by Crippen LogP contribution is -2.41. The van der Waals surface area contributed by atoms with Gasteiger partial charge in [0.2, 0.25) is 5.91 Å². The molecule has 8 heteroatoms. The van der Waals surface area contributed by atoms with Crippen molar-refractivity contribution in [3.63, 3.8) is 0 Å². The van der Waals surface area contributed by atoms with Crippen molar-refractivity contribution in [2.45, 2.75) is 45.1 Å². The van der Waals surface area contributed by atoms with Gasteiger partial charge in [-0.2, -0.15) is 0 Å². The number of fused-ring (bicyclic) bond motifs is 3. The first-order valence-corrected chi connectivity index (χ1v) is 10.7. The molecule has 0 saturated carbocycles. The number of imidazole rings is 1. The number of rotatable bonds is 3. The maximum absolute atomic E-state index is 13.9. The summed E-state index contributed by atoms with van der Waals surface area (Å²) in [6.45, 7) is 2.29. The van der Waals surface area contributed by atoms with Crippen LogP contribution in [-0.2, 0) is 17.8 Å². The normalized spacial score (nSPS) is 19.4. The van der Waals surface area contributed by atoms with Gasteiger partial charge in [0, 0.05) is 26.1 Å². The van der Waals surface area contributed by atoms with Crippen molar-refractivity contribution < 1.29 is 9.18 Å². The number of anilines is 2. The molecule has 0 radical (unpaired) electrons. The number of carbonyl (C=O) groups is 1. The molecule has 0 bridgehead atoms. The molecule has 2 aliphatic rings. The Kier molecular flexibility index (Phi) is 5.06. The summed E-state index contributed by atoms with van der Waals surface area (Å²) < 4.78 is 16.1. The van der Waals surface area contributed by atoms with Crippen LogP contribution in [-0.4, -0.2) is 38.5 Å². The monoisotopic (exact) mass is 408 g/mol. The van der Waals surface area contributed by atoms with Crippen molar-refractivity contribution in [1.82, 2.24) is 19.5 Å². The van der Waals surface area contributed by atoms with Crippen LogP contribution in [0.15, 0.2) is 30.6 Å². The van der Waals surface area contributed by atoms with Crippen LogP contribution in [0.4, 0.5) is 15.9 Å². The van der Waals surface area contributed by atoms with E-state index >= 15 is 0 Å². The summed E-state index contributed by atoms with van der Waals surface area (Å²) in [7, 11) is 0. The summed E-state index contributed by atoms with van der Waals surface area (Å²) in [6, 6.07) is 6.26. The van der Waals surface area contributed by atoms with Gasteiger partial charge in [0.25, 0.3) is 0 Å². The fourth-order valence-electron chi connectivity index (χ4n) is 4.54. The quantitative estimate of drug-likeness (QED) is 0.717. The molecule has 2 aromatic heterocycles. The summed E-state index contributed by atoms with van der Waals surface area (Å²) >= 11 is 0. The Morgan fingerprint density at radius 3 is 2.90 bits per heavy atom. The number of para-hydroxylation sites is 1. The number of nitrogens with zero attached hydrogens (tertiary/aromatic N) is 5. The zero-order chi connectivity index (χ0) is 20.5. The number of aromatic nitrogens is 4. The summed E-state index contributed by atoms with van der Waals surface area (Å²) in [5.74, 6) is 1.06. The van der Waals surface area contributed by atoms with Gasteiger partial charge < -0.3 is 14.8 Å². The molecular weight excluding hydrogens is 383 g/mol. The van der Waals surface area contributed by atoms with E-state index in [2.05, 4.69) is 24.8 Å². The number of halogens is 1. The van der Waals surface area contributed by atoms with E-state index in [0.29, 0.717) is 6.54 Å². The van der Waals surface area contributed by atoms with Gasteiger partial charge in [0.1, 0.15) is 18.0 Å². The standard InChI is InChI=1S/C22H25FN6O/c23-16-8-3-4-9-17(16)26-22(30)15-7-6-11-28(13-15)20-19-21(25-14-24-20)29-12-5-1-2-10-18(29)27-19/h3-4,8-9,14-15H,1-2,5-7,10-13H2,(H,26,30). The van der Waals surface area contributed by atoms with Crippen LogP contribution in [0.3, 0.4) is 0 Å². The van der Waals surface area contributed by atoms with Crippen LogP contribution >= 0.6 is 0 Å². The molecule has 1 saturated heterocycles. The Morgan fingerprint density at radius 2 is 2.00 bits per heavy atom. The van der Waals surface area contributed by atoms with Crippen molar-refractivity contribution in [2.75, 3.05) is 23.3 Å². The molecule has 1 unspecified atom stereocenters. The number of aryl methyl sites for hydroxylation is 2. The second-order valence-electron chi connectivity index (χ2n) is 8.11. The van der Waals surface area contributed by atoms with Gasteiger partial charge in [0.15, 0.2) is 17.0 Å². The fourth-order valence-corrected chi connectivity index (χ4v) is 4.54. The molecule has 5 rings (SSSR count). The second kappa shape index (κ2) is 8.01. The van der Waals surface area contributed by atoms with Crippen LogP contribution in [0.5, 0.6) is 0 Å². The largest absolute Gasteiger partial charge is 0.354 e. The predicted octanol–water partition coefficient (Wildman–Crippen LogP) is 3.55. The van der Waals surface area contributed by atoms with Crippen LogP contribution < -0.4 is 10.2 Å². The number of nitrogens with one attached hydrogen (secondary N) is 1. The van der Waals surface area contributed by atoms with E-state index in [-0.39, 0.29) is 17.5 Å². The molecule has 156 valence electrons. The number of benzene rings is 1. The minimum absolute atomic E-state index is 0.157. The third-order valence-electron chi connectivity index (χ3n) is 6.10. The Morgan fingerprint density at radius 1 is 1.10 bits per heavy atom. The average molecular weight is 408 g/mol. The molecule has 1 aromatic carbocycles. The smallest absolute Gasteiger partial charge is 0.229 e. The first kappa shape index (κ1) is 19.0. The van der Waals surface area contributed by atoms with Crippen molar-refractivity contribution in [3.8, 4) is 0 Å². The summed E-state index contributed by atoms with van der Waals surface area (Å²) in [5.41, 5.74) is 1.93. The van der Waals surface area contributed by atoms with E-state index < -0.39 is 5.82 Å². The summed E-state index contributed by atoms with van der Waals surface area (Å²) in [5, 5.41) is 2.74. The van der Waals surface area contributed by atoms with Gasteiger partial charge >= 0.3 is 0 Å². The number of carbonyl (C=O) groups excluding carboxylic acids is 1. The lowest BCUT2D eigenvalue weighted by atomic mass is 9.97. The molecule has 7 nitrogen and oxygen atoms in total. The molecular formula is C22H25FN6O. The highest BCUT2D eigenvalue weighted by Crippen LogP contribution is 2.30. The second-order valence-corrected chi connectivity index (χ2v) is 8.11. The Labute approximate surface area is 174 Å². The van der Waals surface area contributed by atoms with Gasteiger partial charge in [0.05, 0.1) is 11.6 Å². The zero-order valence-corrected chi connectivity index (χ0v) is 16.9. The van der Waals surface area contributed by atoms with Crippen molar-refractivity contribution in [1.29, 1.82) is 0 Å². The van der Waals surface area contributed by atoms with E-state index in [0.717, 1.165) is 68.0 Å². The molecule has 0 aliphatic carbocycles. The number of hydrogen-bond donors (Lipinski definition) is 1. The number of hydrogen-bond acceptors (Lipinski definition) is 5. The van der Waals surface area contributed by atoms with E-state index in [1.165, 1.54) is 12.5 Å². The summed E-state index contributed by atoms with van der Waals surface area (Å²) in [4.78, 5) is 28.9. The number of piperidine rings is 1. The highest BCUT2D eigenvalue weighted by molar-refractivity contribution is 5.93. The van der Waals surface area contributed by atoms with Crippen molar-refractivity contribution in [2.24, 2.45) is 5.92 Å². The Bertz CT molecular complexity index is 1080. The van der Waals surface area contributed by atoms with Crippen molar-refractivity contribution >= 4 is 28.6 Å².